The minimum Gasteiger partial charge on any atom is -0.493 e. The number of nitrogens with zero attached hydrogens (tertiary/aromatic N) is 1. The zero-order chi connectivity index (χ0) is 21.6. The molecule has 2 aromatic rings. The smallest absolute Gasteiger partial charge is 0.241 e. The summed E-state index contributed by atoms with van der Waals surface area (Å²) in [6.45, 7) is 4.77. The molecule has 29 heavy (non-hydrogen) atoms. The number of anilines is 1. The Labute approximate surface area is 171 Å². The van der Waals surface area contributed by atoms with Gasteiger partial charge in [-0.05, 0) is 62.9 Å². The first kappa shape index (κ1) is 22.7. The maximum absolute atomic E-state index is 12.5. The van der Waals surface area contributed by atoms with Crippen LogP contribution in [0.15, 0.2) is 47.4 Å². The molecule has 0 unspecified atom stereocenters. The van der Waals surface area contributed by atoms with Crippen LogP contribution in [0.2, 0.25) is 0 Å². The Morgan fingerprint density at radius 1 is 1.17 bits per heavy atom. The standard InChI is InChI=1S/C20H27N3O5S/c1-5-28-18-11-6-15(12-19(18)27-4)13-23(3)14(2)20(24)22-16-7-9-17(10-8-16)29(21,25)26/h6-12,14H,5,13H2,1-4H3,(H,22,24)(H2,21,25,26)/t14-/m0/s1. The molecule has 8 nitrogen and oxygen atoms in total. The maximum atomic E-state index is 12.5. The van der Waals surface area contributed by atoms with Gasteiger partial charge < -0.3 is 14.8 Å². The Kier molecular flexibility index (Phi) is 7.60. The number of methoxy groups -OCH3 is 1. The van der Waals surface area contributed by atoms with Crippen LogP contribution < -0.4 is 19.9 Å². The molecule has 9 heteroatoms. The Hall–Kier alpha value is -2.62. The van der Waals surface area contributed by atoms with E-state index in [9.17, 15) is 13.2 Å². The molecule has 0 aliphatic carbocycles. The number of nitrogens with two attached hydrogens (primary N) is 1. The van der Waals surface area contributed by atoms with E-state index in [1.807, 2.05) is 37.1 Å². The Morgan fingerprint density at radius 3 is 2.38 bits per heavy atom. The maximum Gasteiger partial charge on any atom is 0.241 e. The van der Waals surface area contributed by atoms with Crippen molar-refractivity contribution in [1.82, 2.24) is 4.90 Å². The molecule has 0 saturated carbocycles. The molecule has 1 amide bonds. The van der Waals surface area contributed by atoms with Gasteiger partial charge in [0, 0.05) is 12.2 Å². The van der Waals surface area contributed by atoms with Crippen LogP contribution in [0, 0.1) is 0 Å². The number of primary sulfonamides is 1. The number of nitrogens with one attached hydrogen (secondary N) is 1. The van der Waals surface area contributed by atoms with Gasteiger partial charge in [0.15, 0.2) is 11.5 Å². The van der Waals surface area contributed by atoms with Crippen molar-refractivity contribution in [2.45, 2.75) is 31.3 Å². The van der Waals surface area contributed by atoms with Crippen molar-refractivity contribution in [3.05, 3.63) is 48.0 Å². The lowest BCUT2D eigenvalue weighted by Gasteiger charge is -2.24. The van der Waals surface area contributed by atoms with E-state index in [0.717, 1.165) is 5.56 Å². The number of carbonyl (C=O) groups is 1. The van der Waals surface area contributed by atoms with E-state index in [4.69, 9.17) is 14.6 Å². The monoisotopic (exact) mass is 421 g/mol. The molecule has 2 rings (SSSR count). The van der Waals surface area contributed by atoms with Crippen LogP contribution in [0.5, 0.6) is 11.5 Å². The lowest BCUT2D eigenvalue weighted by molar-refractivity contribution is -0.120. The number of benzene rings is 2. The molecule has 2 aromatic carbocycles. The van der Waals surface area contributed by atoms with E-state index >= 15 is 0 Å². The van der Waals surface area contributed by atoms with E-state index < -0.39 is 16.1 Å². The zero-order valence-electron chi connectivity index (χ0n) is 17.0. The van der Waals surface area contributed by atoms with Crippen LogP contribution >= 0.6 is 0 Å². The van der Waals surface area contributed by atoms with Crippen molar-refractivity contribution in [2.75, 3.05) is 26.1 Å². The summed E-state index contributed by atoms with van der Waals surface area (Å²) in [5, 5.41) is 7.85. The molecular weight excluding hydrogens is 394 g/mol. The molecule has 0 fully saturated rings. The second kappa shape index (κ2) is 9.73. The quantitative estimate of drug-likeness (QED) is 0.642. The normalized spacial score (nSPS) is 12.5. The minimum atomic E-state index is -3.77. The van der Waals surface area contributed by atoms with Gasteiger partial charge in [0.25, 0.3) is 0 Å². The first-order valence-corrected chi connectivity index (χ1v) is 10.6. The highest BCUT2D eigenvalue weighted by atomic mass is 32.2. The highest BCUT2D eigenvalue weighted by Gasteiger charge is 2.19. The van der Waals surface area contributed by atoms with E-state index in [2.05, 4.69) is 5.32 Å². The van der Waals surface area contributed by atoms with Gasteiger partial charge in [-0.15, -0.1) is 0 Å². The molecule has 3 N–H and O–H groups in total. The average molecular weight is 422 g/mol. The number of ether oxygens (including phenoxy) is 2. The average Bonchev–Trinajstić information content (AvgIpc) is 2.68. The summed E-state index contributed by atoms with van der Waals surface area (Å²) in [5.74, 6) is 1.11. The lowest BCUT2D eigenvalue weighted by atomic mass is 10.1. The fraction of sp³-hybridized carbons (Fsp3) is 0.350. The van der Waals surface area contributed by atoms with Crippen LogP contribution in [-0.2, 0) is 21.4 Å². The van der Waals surface area contributed by atoms with Crippen molar-refractivity contribution in [3.8, 4) is 11.5 Å². The third kappa shape index (κ3) is 6.18. The van der Waals surface area contributed by atoms with Gasteiger partial charge in [-0.2, -0.15) is 0 Å². The van der Waals surface area contributed by atoms with E-state index in [0.29, 0.717) is 30.3 Å². The van der Waals surface area contributed by atoms with Crippen LogP contribution in [0.1, 0.15) is 19.4 Å². The molecule has 158 valence electrons. The molecule has 0 spiro atoms. The Balaban J connectivity index is 2.02. The second-order valence-electron chi connectivity index (χ2n) is 6.57. The molecule has 0 aromatic heterocycles. The van der Waals surface area contributed by atoms with Gasteiger partial charge >= 0.3 is 0 Å². The molecule has 0 aliphatic heterocycles. The number of carbonyl (C=O) groups excluding carboxylic acids is 1. The Morgan fingerprint density at radius 2 is 1.83 bits per heavy atom. The largest absolute Gasteiger partial charge is 0.493 e. The molecule has 0 saturated heterocycles. The van der Waals surface area contributed by atoms with Gasteiger partial charge in [-0.3, -0.25) is 9.69 Å². The fourth-order valence-electron chi connectivity index (χ4n) is 2.68. The summed E-state index contributed by atoms with van der Waals surface area (Å²) < 4.78 is 33.5. The summed E-state index contributed by atoms with van der Waals surface area (Å²) in [6.07, 6.45) is 0. The van der Waals surface area contributed by atoms with Crippen molar-refractivity contribution >= 4 is 21.6 Å². The van der Waals surface area contributed by atoms with Gasteiger partial charge in [0.2, 0.25) is 15.9 Å². The lowest BCUT2D eigenvalue weighted by Crippen LogP contribution is -2.39. The van der Waals surface area contributed by atoms with Gasteiger partial charge in [-0.25, -0.2) is 13.6 Å². The fourth-order valence-corrected chi connectivity index (χ4v) is 3.20. The summed E-state index contributed by atoms with van der Waals surface area (Å²) in [4.78, 5) is 14.4. The second-order valence-corrected chi connectivity index (χ2v) is 8.13. The van der Waals surface area contributed by atoms with E-state index in [1.54, 1.807) is 14.0 Å². The number of sulfonamides is 1. The third-order valence-electron chi connectivity index (χ3n) is 4.45. The van der Waals surface area contributed by atoms with Crippen molar-refractivity contribution in [3.63, 3.8) is 0 Å². The first-order chi connectivity index (χ1) is 13.7. The number of hydrogen-bond donors (Lipinski definition) is 2. The molecule has 1 atom stereocenters. The SMILES string of the molecule is CCOc1ccc(CN(C)[C@@H](C)C(=O)Nc2ccc(S(N)(=O)=O)cc2)cc1OC. The van der Waals surface area contributed by atoms with Crippen LogP contribution in [0.3, 0.4) is 0 Å². The molecule has 0 aliphatic rings. The summed E-state index contributed by atoms with van der Waals surface area (Å²) in [6, 6.07) is 11.0. The molecular formula is C20H27N3O5S. The summed E-state index contributed by atoms with van der Waals surface area (Å²) in [7, 11) is -0.335. The highest BCUT2D eigenvalue weighted by molar-refractivity contribution is 7.89. The van der Waals surface area contributed by atoms with Crippen molar-refractivity contribution in [2.24, 2.45) is 5.14 Å². The minimum absolute atomic E-state index is 0.00916. The van der Waals surface area contributed by atoms with Crippen molar-refractivity contribution in [1.29, 1.82) is 0 Å². The number of likely N-dealkylation sites (N-methyl/N-ethyl adjacent to an activating group) is 1. The predicted octanol–water partition coefficient (Wildman–Crippen LogP) is 2.20. The number of hydrogen-bond acceptors (Lipinski definition) is 6. The van der Waals surface area contributed by atoms with Gasteiger partial charge in [-0.1, -0.05) is 6.07 Å². The molecule has 0 heterocycles. The number of amides is 1. The summed E-state index contributed by atoms with van der Waals surface area (Å²) >= 11 is 0. The molecule has 0 bridgehead atoms. The van der Waals surface area contributed by atoms with Crippen molar-refractivity contribution < 1.29 is 22.7 Å². The highest BCUT2D eigenvalue weighted by Crippen LogP contribution is 2.28. The first-order valence-electron chi connectivity index (χ1n) is 9.09. The summed E-state index contributed by atoms with van der Waals surface area (Å²) in [5.41, 5.74) is 1.47. The van der Waals surface area contributed by atoms with E-state index in [1.165, 1.54) is 24.3 Å². The Bertz CT molecular complexity index is 945. The topological polar surface area (TPSA) is 111 Å². The van der Waals surface area contributed by atoms with Crippen LogP contribution in [-0.4, -0.2) is 46.0 Å². The zero-order valence-corrected chi connectivity index (χ0v) is 17.8. The van der Waals surface area contributed by atoms with E-state index in [-0.39, 0.29) is 10.8 Å². The van der Waals surface area contributed by atoms with Crippen LogP contribution in [0.25, 0.3) is 0 Å². The van der Waals surface area contributed by atoms with Gasteiger partial charge in [0.05, 0.1) is 24.7 Å². The third-order valence-corrected chi connectivity index (χ3v) is 5.38. The number of rotatable bonds is 9. The van der Waals surface area contributed by atoms with Gasteiger partial charge in [0.1, 0.15) is 0 Å². The van der Waals surface area contributed by atoms with Crippen LogP contribution in [0.4, 0.5) is 5.69 Å². The predicted molar refractivity (Wildman–Crippen MR) is 112 cm³/mol. The molecule has 0 radical (unpaired) electrons.